The lowest BCUT2D eigenvalue weighted by Crippen LogP contribution is -2.39. The summed E-state index contributed by atoms with van der Waals surface area (Å²) in [6, 6.07) is 9.45. The van der Waals surface area contributed by atoms with E-state index in [2.05, 4.69) is 4.99 Å². The van der Waals surface area contributed by atoms with Crippen LogP contribution in [0.4, 0.5) is 16.2 Å². The zero-order chi connectivity index (χ0) is 32.1. The van der Waals surface area contributed by atoms with Crippen LogP contribution < -0.4 is 0 Å². The van der Waals surface area contributed by atoms with Crippen molar-refractivity contribution in [1.29, 1.82) is 0 Å². The highest BCUT2D eigenvalue weighted by atomic mass is 32.2. The summed E-state index contributed by atoms with van der Waals surface area (Å²) in [4.78, 5) is 52.3. The van der Waals surface area contributed by atoms with E-state index in [0.29, 0.717) is 25.0 Å². The number of nitrogens with zero attached hydrogens (tertiary/aromatic N) is 6. The Kier molecular flexibility index (Phi) is 9.98. The highest BCUT2D eigenvalue weighted by molar-refractivity contribution is 7.89. The summed E-state index contributed by atoms with van der Waals surface area (Å²) in [5.74, 6) is 0.0822. The minimum Gasteiger partial charge on any atom is -0.443 e. The fourth-order valence-corrected chi connectivity index (χ4v) is 5.23. The Labute approximate surface area is 248 Å². The standard InChI is InChI=1S/C27H32N6O9S/c1-27(2,3)42-26(35)31-16-14-28-25(31)20-10-8-19(9-11-20)18-29(4)24(34)7-6-15-30(5)43(40,41)23-13-12-21(32(36)37)17-22(23)33(38)39/h6-13,17H,14-16,18H2,1-5H3. The van der Waals surface area contributed by atoms with E-state index in [1.54, 1.807) is 52.1 Å². The van der Waals surface area contributed by atoms with E-state index in [4.69, 9.17) is 4.74 Å². The van der Waals surface area contributed by atoms with Crippen molar-refractivity contribution in [2.24, 2.45) is 4.99 Å². The van der Waals surface area contributed by atoms with Gasteiger partial charge in [-0.1, -0.05) is 30.3 Å². The summed E-state index contributed by atoms with van der Waals surface area (Å²) in [6.07, 6.45) is 1.99. The largest absolute Gasteiger partial charge is 0.443 e. The quantitative estimate of drug-likeness (QED) is 0.219. The minimum absolute atomic E-state index is 0.231. The molecule has 1 heterocycles. The Morgan fingerprint density at radius 3 is 2.30 bits per heavy atom. The van der Waals surface area contributed by atoms with Gasteiger partial charge in [0.05, 0.1) is 29.0 Å². The Hall–Kier alpha value is -4.70. The van der Waals surface area contributed by atoms with E-state index in [0.717, 1.165) is 27.6 Å². The first kappa shape index (κ1) is 32.8. The van der Waals surface area contributed by atoms with Crippen LogP contribution >= 0.6 is 0 Å². The van der Waals surface area contributed by atoms with Crippen LogP contribution in [0.25, 0.3) is 0 Å². The van der Waals surface area contributed by atoms with Gasteiger partial charge in [0.1, 0.15) is 11.4 Å². The van der Waals surface area contributed by atoms with Gasteiger partial charge in [-0.15, -0.1) is 0 Å². The van der Waals surface area contributed by atoms with E-state index in [-0.39, 0.29) is 13.1 Å². The molecule has 15 nitrogen and oxygen atoms in total. The number of benzene rings is 2. The number of carbonyl (C=O) groups is 2. The number of nitro benzene ring substituents is 2. The number of non-ortho nitro benzene ring substituents is 1. The van der Waals surface area contributed by atoms with Crippen LogP contribution in [0.5, 0.6) is 0 Å². The minimum atomic E-state index is -4.40. The van der Waals surface area contributed by atoms with Crippen LogP contribution in [0.1, 0.15) is 31.9 Å². The maximum Gasteiger partial charge on any atom is 0.416 e. The molecule has 0 spiro atoms. The molecule has 0 atom stereocenters. The molecule has 0 aromatic heterocycles. The van der Waals surface area contributed by atoms with Gasteiger partial charge in [0.2, 0.25) is 15.9 Å². The number of carbonyl (C=O) groups excluding carboxylic acids is 2. The number of hydrogen-bond donors (Lipinski definition) is 0. The predicted octanol–water partition coefficient (Wildman–Crippen LogP) is 3.34. The molecule has 230 valence electrons. The van der Waals surface area contributed by atoms with Gasteiger partial charge in [-0.05, 0) is 32.4 Å². The second kappa shape index (κ2) is 13.1. The van der Waals surface area contributed by atoms with Crippen LogP contribution in [-0.2, 0) is 26.1 Å². The lowest BCUT2D eigenvalue weighted by atomic mass is 10.1. The first-order valence-electron chi connectivity index (χ1n) is 13.0. The van der Waals surface area contributed by atoms with Gasteiger partial charge < -0.3 is 9.64 Å². The first-order chi connectivity index (χ1) is 20.0. The number of sulfonamides is 1. The van der Waals surface area contributed by atoms with Crippen LogP contribution in [0, 0.1) is 20.2 Å². The van der Waals surface area contributed by atoms with Crippen molar-refractivity contribution < 1.29 is 32.6 Å². The Balaban J connectivity index is 1.61. The Bertz CT molecular complexity index is 1580. The molecule has 16 heteroatoms. The fourth-order valence-electron chi connectivity index (χ4n) is 3.98. The molecular formula is C27H32N6O9S. The summed E-state index contributed by atoms with van der Waals surface area (Å²) in [6.45, 7) is 6.18. The number of ether oxygens (including phenoxy) is 1. The van der Waals surface area contributed by atoms with Gasteiger partial charge in [-0.2, -0.15) is 4.31 Å². The molecule has 43 heavy (non-hydrogen) atoms. The zero-order valence-electron chi connectivity index (χ0n) is 24.3. The van der Waals surface area contributed by atoms with Gasteiger partial charge in [0.15, 0.2) is 4.90 Å². The zero-order valence-corrected chi connectivity index (χ0v) is 25.1. The number of rotatable bonds is 10. The van der Waals surface area contributed by atoms with Gasteiger partial charge in [0.25, 0.3) is 11.4 Å². The lowest BCUT2D eigenvalue weighted by Gasteiger charge is -2.25. The third-order valence-corrected chi connectivity index (χ3v) is 7.99. The molecule has 0 unspecified atom stereocenters. The molecular weight excluding hydrogens is 584 g/mol. The summed E-state index contributed by atoms with van der Waals surface area (Å²) in [7, 11) is -1.67. The van der Waals surface area contributed by atoms with Crippen molar-refractivity contribution in [3.63, 3.8) is 0 Å². The molecule has 2 aromatic rings. The number of aliphatic imine (C=N–C) groups is 1. The smallest absolute Gasteiger partial charge is 0.416 e. The second-order valence-corrected chi connectivity index (χ2v) is 12.6. The maximum absolute atomic E-state index is 12.9. The number of hydrogen-bond acceptors (Lipinski definition) is 10. The Morgan fingerprint density at radius 1 is 1.07 bits per heavy atom. The van der Waals surface area contributed by atoms with E-state index >= 15 is 0 Å². The van der Waals surface area contributed by atoms with Gasteiger partial charge in [-0.3, -0.25) is 34.9 Å². The molecule has 3 rings (SSSR count). The van der Waals surface area contributed by atoms with Gasteiger partial charge in [-0.25, -0.2) is 13.2 Å². The topological polar surface area (TPSA) is 186 Å². The van der Waals surface area contributed by atoms with Crippen molar-refractivity contribution in [3.05, 3.63) is 86.0 Å². The second-order valence-electron chi connectivity index (χ2n) is 10.6. The maximum atomic E-state index is 12.9. The first-order valence-corrected chi connectivity index (χ1v) is 14.4. The molecule has 0 fully saturated rings. The molecule has 0 saturated heterocycles. The number of amides is 2. The molecule has 1 aliphatic heterocycles. The van der Waals surface area contributed by atoms with E-state index in [1.807, 2.05) is 0 Å². The third-order valence-electron chi connectivity index (χ3n) is 6.12. The van der Waals surface area contributed by atoms with Gasteiger partial charge >= 0.3 is 6.09 Å². The SMILES string of the molecule is CN(Cc1ccc(C2=NCCN2C(=O)OC(C)(C)C)cc1)C(=O)C=CCN(C)S(=O)(=O)c1ccc([N+](=O)[O-])cc1[N+](=O)[O-]. The highest BCUT2D eigenvalue weighted by Gasteiger charge is 2.32. The van der Waals surface area contributed by atoms with Gasteiger partial charge in [0, 0.05) is 44.9 Å². The molecule has 0 aliphatic carbocycles. The van der Waals surface area contributed by atoms with Crippen LogP contribution in [0.2, 0.25) is 0 Å². The normalized spacial score (nSPS) is 13.7. The summed E-state index contributed by atoms with van der Waals surface area (Å²) in [5.41, 5.74) is -0.673. The number of nitro groups is 2. The fraction of sp³-hybridized carbons (Fsp3) is 0.370. The lowest BCUT2D eigenvalue weighted by molar-refractivity contribution is -0.396. The third kappa shape index (κ3) is 8.20. The molecule has 0 radical (unpaired) electrons. The van der Waals surface area contributed by atoms with Crippen molar-refractivity contribution in [2.75, 3.05) is 33.7 Å². The van der Waals surface area contributed by atoms with Crippen LogP contribution in [0.15, 0.2) is 64.5 Å². The van der Waals surface area contributed by atoms with E-state index < -0.39 is 53.7 Å². The average Bonchev–Trinajstić information content (AvgIpc) is 3.42. The monoisotopic (exact) mass is 616 g/mol. The highest BCUT2D eigenvalue weighted by Crippen LogP contribution is 2.30. The van der Waals surface area contributed by atoms with E-state index in [1.165, 1.54) is 29.0 Å². The predicted molar refractivity (Wildman–Crippen MR) is 156 cm³/mol. The molecule has 2 aromatic carbocycles. The van der Waals surface area contributed by atoms with Crippen molar-refractivity contribution in [2.45, 2.75) is 37.8 Å². The molecule has 0 bridgehead atoms. The molecule has 0 N–H and O–H groups in total. The van der Waals surface area contributed by atoms with Crippen molar-refractivity contribution in [1.82, 2.24) is 14.1 Å². The Morgan fingerprint density at radius 2 is 1.72 bits per heavy atom. The summed E-state index contributed by atoms with van der Waals surface area (Å²) < 4.78 is 32.1. The van der Waals surface area contributed by atoms with Crippen molar-refractivity contribution in [3.8, 4) is 0 Å². The number of amidine groups is 1. The molecule has 0 saturated carbocycles. The molecule has 1 aliphatic rings. The number of likely N-dealkylation sites (N-methyl/N-ethyl adjacent to an activating group) is 2. The van der Waals surface area contributed by atoms with E-state index in [9.17, 15) is 38.2 Å². The van der Waals surface area contributed by atoms with Crippen LogP contribution in [-0.4, -0.2) is 89.5 Å². The van der Waals surface area contributed by atoms with Crippen molar-refractivity contribution >= 4 is 39.2 Å². The van der Waals surface area contributed by atoms with Crippen LogP contribution in [0.3, 0.4) is 0 Å². The summed E-state index contributed by atoms with van der Waals surface area (Å²) in [5, 5.41) is 22.3. The average molecular weight is 617 g/mol. The molecule has 2 amide bonds. The summed E-state index contributed by atoms with van der Waals surface area (Å²) >= 11 is 0.